The Bertz CT molecular complexity index is 326. The third-order valence-electron chi connectivity index (χ3n) is 3.48. The first-order chi connectivity index (χ1) is 6.92. The highest BCUT2D eigenvalue weighted by Crippen LogP contribution is 2.57. The maximum absolute atomic E-state index is 10.3. The molecule has 1 fully saturated rings. The summed E-state index contributed by atoms with van der Waals surface area (Å²) in [6.07, 6.45) is 4.42. The van der Waals surface area contributed by atoms with Crippen LogP contribution in [0.4, 0.5) is 0 Å². The SMILES string of the molecule is C[Si](C)(C)[C@H]1C[C@]1(O)CCc1ccco1. The molecule has 0 bridgehead atoms. The molecule has 3 heteroatoms. The van der Waals surface area contributed by atoms with Crippen molar-refractivity contribution < 1.29 is 9.52 Å². The molecule has 1 saturated carbocycles. The molecule has 1 aromatic rings. The lowest BCUT2D eigenvalue weighted by molar-refractivity contribution is 0.137. The summed E-state index contributed by atoms with van der Waals surface area (Å²) in [6.45, 7) is 7.01. The van der Waals surface area contributed by atoms with Gasteiger partial charge in [0.1, 0.15) is 5.76 Å². The molecule has 1 aliphatic carbocycles. The van der Waals surface area contributed by atoms with Gasteiger partial charge in [-0.15, -0.1) is 0 Å². The summed E-state index contributed by atoms with van der Waals surface area (Å²) in [5.41, 5.74) is 0.206. The second-order valence-corrected chi connectivity index (χ2v) is 11.2. The highest BCUT2D eigenvalue weighted by atomic mass is 28.3. The fourth-order valence-corrected chi connectivity index (χ4v) is 5.20. The zero-order chi connectivity index (χ0) is 11.1. The van der Waals surface area contributed by atoms with Crippen molar-refractivity contribution in [1.82, 2.24) is 0 Å². The highest BCUT2D eigenvalue weighted by Gasteiger charge is 2.57. The van der Waals surface area contributed by atoms with Crippen LogP contribution >= 0.6 is 0 Å². The second-order valence-electron chi connectivity index (χ2n) is 5.81. The summed E-state index contributed by atoms with van der Waals surface area (Å²) >= 11 is 0. The van der Waals surface area contributed by atoms with E-state index >= 15 is 0 Å². The fraction of sp³-hybridized carbons (Fsp3) is 0.667. The topological polar surface area (TPSA) is 33.4 Å². The van der Waals surface area contributed by atoms with E-state index in [1.165, 1.54) is 0 Å². The van der Waals surface area contributed by atoms with Crippen molar-refractivity contribution in [1.29, 1.82) is 0 Å². The molecule has 1 aromatic heterocycles. The Morgan fingerprint density at radius 1 is 1.53 bits per heavy atom. The standard InChI is InChI=1S/C12H20O2Si/c1-15(2,3)11-9-12(11,13)7-6-10-5-4-8-14-10/h4-5,8,11,13H,6-7,9H2,1-3H3/t11-,12+/m0/s1. The first kappa shape index (κ1) is 11.0. The molecule has 2 atom stereocenters. The molecule has 15 heavy (non-hydrogen) atoms. The van der Waals surface area contributed by atoms with Crippen molar-refractivity contribution in [2.24, 2.45) is 0 Å². The van der Waals surface area contributed by atoms with E-state index in [2.05, 4.69) is 19.6 Å². The van der Waals surface area contributed by atoms with Crippen LogP contribution in [0.3, 0.4) is 0 Å². The van der Waals surface area contributed by atoms with Crippen molar-refractivity contribution in [3.05, 3.63) is 24.2 Å². The van der Waals surface area contributed by atoms with Crippen molar-refractivity contribution in [3.63, 3.8) is 0 Å². The molecule has 1 N–H and O–H groups in total. The third kappa shape index (κ3) is 2.34. The number of aryl methyl sites for hydroxylation is 1. The van der Waals surface area contributed by atoms with Gasteiger partial charge in [-0.25, -0.2) is 0 Å². The van der Waals surface area contributed by atoms with Crippen LogP contribution < -0.4 is 0 Å². The normalized spacial score (nSPS) is 30.5. The van der Waals surface area contributed by atoms with Crippen LogP contribution in [0, 0.1) is 0 Å². The summed E-state index contributed by atoms with van der Waals surface area (Å²) < 4.78 is 5.28. The largest absolute Gasteiger partial charge is 0.469 e. The molecule has 0 spiro atoms. The lowest BCUT2D eigenvalue weighted by atomic mass is 10.1. The van der Waals surface area contributed by atoms with E-state index in [0.717, 1.165) is 25.0 Å². The summed E-state index contributed by atoms with van der Waals surface area (Å²) in [7, 11) is -1.16. The average Bonchev–Trinajstić information content (AvgIpc) is 2.63. The van der Waals surface area contributed by atoms with Crippen molar-refractivity contribution >= 4 is 8.07 Å². The number of hydrogen-bond donors (Lipinski definition) is 1. The molecule has 0 radical (unpaired) electrons. The zero-order valence-electron chi connectivity index (χ0n) is 9.79. The van der Waals surface area contributed by atoms with Gasteiger partial charge in [-0.3, -0.25) is 0 Å². The molecule has 1 aliphatic rings. The quantitative estimate of drug-likeness (QED) is 0.797. The molecule has 0 aromatic carbocycles. The smallest absolute Gasteiger partial charge is 0.103 e. The first-order valence-electron chi connectivity index (χ1n) is 5.67. The predicted molar refractivity (Wildman–Crippen MR) is 63.7 cm³/mol. The van der Waals surface area contributed by atoms with Crippen molar-refractivity contribution in [3.8, 4) is 0 Å². The number of rotatable bonds is 4. The molecular weight excluding hydrogens is 204 g/mol. The van der Waals surface area contributed by atoms with Gasteiger partial charge < -0.3 is 9.52 Å². The van der Waals surface area contributed by atoms with E-state index in [4.69, 9.17) is 4.42 Å². The van der Waals surface area contributed by atoms with E-state index in [9.17, 15) is 5.11 Å². The minimum Gasteiger partial charge on any atom is -0.469 e. The van der Waals surface area contributed by atoms with Gasteiger partial charge in [0.05, 0.1) is 19.9 Å². The van der Waals surface area contributed by atoms with Crippen LogP contribution in [0.25, 0.3) is 0 Å². The van der Waals surface area contributed by atoms with Gasteiger partial charge in [0.15, 0.2) is 0 Å². The molecule has 0 aliphatic heterocycles. The Hall–Kier alpha value is -0.543. The molecule has 2 rings (SSSR count). The Morgan fingerprint density at radius 3 is 2.73 bits per heavy atom. The Labute approximate surface area is 92.3 Å². The van der Waals surface area contributed by atoms with Gasteiger partial charge in [0.25, 0.3) is 0 Å². The summed E-state index contributed by atoms with van der Waals surface area (Å²) in [4.78, 5) is 0. The van der Waals surface area contributed by atoms with Crippen LogP contribution in [0.2, 0.25) is 25.2 Å². The van der Waals surface area contributed by atoms with Gasteiger partial charge in [-0.05, 0) is 30.5 Å². The summed E-state index contributed by atoms with van der Waals surface area (Å²) in [6, 6.07) is 3.89. The van der Waals surface area contributed by atoms with Crippen LogP contribution in [0.5, 0.6) is 0 Å². The molecule has 0 unspecified atom stereocenters. The number of hydrogen-bond acceptors (Lipinski definition) is 2. The Morgan fingerprint density at radius 2 is 2.27 bits per heavy atom. The maximum atomic E-state index is 10.3. The molecule has 1 heterocycles. The van der Waals surface area contributed by atoms with Crippen LogP contribution in [-0.4, -0.2) is 18.8 Å². The van der Waals surface area contributed by atoms with Crippen LogP contribution in [0.1, 0.15) is 18.6 Å². The van der Waals surface area contributed by atoms with Gasteiger partial charge in [-0.1, -0.05) is 19.6 Å². The van der Waals surface area contributed by atoms with Crippen molar-refractivity contribution in [2.45, 2.75) is 50.0 Å². The molecule has 0 saturated heterocycles. The van der Waals surface area contributed by atoms with Crippen molar-refractivity contribution in [2.75, 3.05) is 0 Å². The second kappa shape index (κ2) is 3.49. The van der Waals surface area contributed by atoms with E-state index < -0.39 is 8.07 Å². The maximum Gasteiger partial charge on any atom is 0.103 e. The summed E-state index contributed by atoms with van der Waals surface area (Å²) in [5.74, 6) is 0.990. The minimum atomic E-state index is -1.16. The molecule has 2 nitrogen and oxygen atoms in total. The van der Waals surface area contributed by atoms with E-state index in [1.807, 2.05) is 12.1 Å². The van der Waals surface area contributed by atoms with E-state index in [0.29, 0.717) is 5.54 Å². The third-order valence-corrected chi connectivity index (χ3v) is 6.31. The van der Waals surface area contributed by atoms with Gasteiger partial charge in [-0.2, -0.15) is 0 Å². The Balaban J connectivity index is 1.87. The van der Waals surface area contributed by atoms with E-state index in [1.54, 1.807) is 6.26 Å². The lowest BCUT2D eigenvalue weighted by Gasteiger charge is -2.19. The average molecular weight is 224 g/mol. The fourth-order valence-electron chi connectivity index (χ4n) is 2.48. The van der Waals surface area contributed by atoms with Gasteiger partial charge in [0.2, 0.25) is 0 Å². The van der Waals surface area contributed by atoms with Gasteiger partial charge >= 0.3 is 0 Å². The highest BCUT2D eigenvalue weighted by molar-refractivity contribution is 6.78. The predicted octanol–water partition coefficient (Wildman–Crippen LogP) is 3.06. The van der Waals surface area contributed by atoms with Crippen LogP contribution in [-0.2, 0) is 6.42 Å². The lowest BCUT2D eigenvalue weighted by Crippen LogP contribution is -2.26. The Kier molecular flexibility index (Phi) is 2.55. The van der Waals surface area contributed by atoms with Gasteiger partial charge in [0, 0.05) is 6.42 Å². The monoisotopic (exact) mass is 224 g/mol. The first-order valence-corrected chi connectivity index (χ1v) is 9.24. The minimum absolute atomic E-state index is 0.378. The number of aliphatic hydroxyl groups is 1. The molecule has 84 valence electrons. The number of furan rings is 1. The molecular formula is C12H20O2Si. The van der Waals surface area contributed by atoms with E-state index in [-0.39, 0.29) is 5.60 Å². The molecule has 0 amide bonds. The zero-order valence-corrected chi connectivity index (χ0v) is 10.8. The van der Waals surface area contributed by atoms with Crippen LogP contribution in [0.15, 0.2) is 22.8 Å². The summed E-state index contributed by atoms with van der Waals surface area (Å²) in [5, 5.41) is 10.3.